The first-order chi connectivity index (χ1) is 18.7. The molecule has 2 saturated carbocycles. The Hall–Kier alpha value is -3.27. The Morgan fingerprint density at radius 1 is 0.872 bits per heavy atom. The zero-order chi connectivity index (χ0) is 27.8. The SMILES string of the molecule is N=NC(N)=NC(=O)c1ccc(CN(Cc2ccc(OC(F)(F)F)cc2)C2CCC(C3CCCCC3)CC2)cc1. The third-order valence-corrected chi connectivity index (χ3v) is 8.03. The molecule has 7 nitrogen and oxygen atoms in total. The largest absolute Gasteiger partial charge is 0.573 e. The molecule has 210 valence electrons. The molecule has 0 aromatic heterocycles. The zero-order valence-electron chi connectivity index (χ0n) is 22.0. The molecule has 2 aromatic rings. The second kappa shape index (κ2) is 13.2. The molecule has 0 bridgehead atoms. The number of nitrogens with two attached hydrogens (primary N) is 1. The van der Waals surface area contributed by atoms with Crippen LogP contribution in [0.3, 0.4) is 0 Å². The summed E-state index contributed by atoms with van der Waals surface area (Å²) in [6, 6.07) is 13.6. The van der Waals surface area contributed by atoms with Gasteiger partial charge in [-0.05, 0) is 72.9 Å². The van der Waals surface area contributed by atoms with Gasteiger partial charge in [-0.15, -0.1) is 18.3 Å². The molecule has 0 heterocycles. The summed E-state index contributed by atoms with van der Waals surface area (Å²) in [4.78, 5) is 18.2. The number of hydrogen-bond acceptors (Lipinski definition) is 4. The number of carbonyl (C=O) groups excluding carboxylic acids is 1. The number of alkyl halides is 3. The van der Waals surface area contributed by atoms with Gasteiger partial charge in [-0.25, -0.2) is 5.53 Å². The molecule has 0 spiro atoms. The summed E-state index contributed by atoms with van der Waals surface area (Å²) in [5.74, 6) is 0.447. The molecular formula is C29H36F3N5O2. The third-order valence-electron chi connectivity index (χ3n) is 8.03. The summed E-state index contributed by atoms with van der Waals surface area (Å²) in [5, 5.41) is 2.95. The van der Waals surface area contributed by atoms with Crippen LogP contribution in [0.4, 0.5) is 13.2 Å². The molecule has 10 heteroatoms. The molecule has 1 amide bonds. The first kappa shape index (κ1) is 28.7. The van der Waals surface area contributed by atoms with E-state index in [1.807, 2.05) is 12.1 Å². The van der Waals surface area contributed by atoms with Crippen LogP contribution in [0.2, 0.25) is 0 Å². The molecule has 2 aromatic carbocycles. The highest BCUT2D eigenvalue weighted by atomic mass is 19.4. The molecule has 0 aliphatic heterocycles. The molecule has 2 aliphatic carbocycles. The van der Waals surface area contributed by atoms with Crippen molar-refractivity contribution in [3.8, 4) is 5.75 Å². The molecule has 0 unspecified atom stereocenters. The van der Waals surface area contributed by atoms with Gasteiger partial charge in [0.15, 0.2) is 0 Å². The van der Waals surface area contributed by atoms with E-state index in [9.17, 15) is 18.0 Å². The Morgan fingerprint density at radius 3 is 1.95 bits per heavy atom. The van der Waals surface area contributed by atoms with E-state index in [0.29, 0.717) is 24.7 Å². The fraction of sp³-hybridized carbons (Fsp3) is 0.517. The maximum absolute atomic E-state index is 12.6. The van der Waals surface area contributed by atoms with Crippen LogP contribution in [0.5, 0.6) is 5.75 Å². The van der Waals surface area contributed by atoms with Crippen molar-refractivity contribution in [2.24, 2.45) is 27.7 Å². The van der Waals surface area contributed by atoms with Crippen LogP contribution in [0.1, 0.15) is 79.3 Å². The van der Waals surface area contributed by atoms with E-state index in [-0.39, 0.29) is 5.75 Å². The van der Waals surface area contributed by atoms with Crippen molar-refractivity contribution in [3.63, 3.8) is 0 Å². The fourth-order valence-corrected chi connectivity index (χ4v) is 6.07. The quantitative estimate of drug-likeness (QED) is 0.208. The number of carbonyl (C=O) groups is 1. The minimum Gasteiger partial charge on any atom is -0.406 e. The monoisotopic (exact) mass is 543 g/mol. The van der Waals surface area contributed by atoms with Crippen molar-refractivity contribution in [2.45, 2.75) is 83.3 Å². The molecule has 3 N–H and O–H groups in total. The lowest BCUT2D eigenvalue weighted by molar-refractivity contribution is -0.274. The van der Waals surface area contributed by atoms with Crippen LogP contribution in [-0.4, -0.2) is 29.2 Å². The Morgan fingerprint density at radius 2 is 1.41 bits per heavy atom. The summed E-state index contributed by atoms with van der Waals surface area (Å²) in [6.07, 6.45) is 6.63. The van der Waals surface area contributed by atoms with Gasteiger partial charge in [0.25, 0.3) is 5.91 Å². The average Bonchev–Trinajstić information content (AvgIpc) is 2.94. The van der Waals surface area contributed by atoms with Crippen LogP contribution < -0.4 is 10.5 Å². The number of nitrogens with one attached hydrogen (secondary N) is 1. The molecule has 0 atom stereocenters. The van der Waals surface area contributed by atoms with Crippen molar-refractivity contribution in [1.29, 1.82) is 5.53 Å². The van der Waals surface area contributed by atoms with Crippen molar-refractivity contribution in [2.75, 3.05) is 0 Å². The van der Waals surface area contributed by atoms with E-state index in [2.05, 4.69) is 19.7 Å². The molecular weight excluding hydrogens is 507 g/mol. The van der Waals surface area contributed by atoms with Gasteiger partial charge in [0, 0.05) is 24.7 Å². The van der Waals surface area contributed by atoms with E-state index in [0.717, 1.165) is 35.8 Å². The lowest BCUT2D eigenvalue weighted by Crippen LogP contribution is -2.38. The second-order valence-electron chi connectivity index (χ2n) is 10.6. The lowest BCUT2D eigenvalue weighted by atomic mass is 9.72. The maximum Gasteiger partial charge on any atom is 0.573 e. The van der Waals surface area contributed by atoms with Crippen molar-refractivity contribution < 1.29 is 22.7 Å². The average molecular weight is 544 g/mol. The molecule has 0 radical (unpaired) electrons. The first-order valence-corrected chi connectivity index (χ1v) is 13.6. The van der Waals surface area contributed by atoms with Crippen molar-refractivity contribution in [3.05, 3.63) is 65.2 Å². The number of nitrogens with zero attached hydrogens (tertiary/aromatic N) is 3. The van der Waals surface area contributed by atoms with Gasteiger partial charge in [-0.1, -0.05) is 56.4 Å². The summed E-state index contributed by atoms with van der Waals surface area (Å²) < 4.78 is 41.8. The fourth-order valence-electron chi connectivity index (χ4n) is 6.07. The zero-order valence-corrected chi connectivity index (χ0v) is 22.0. The number of hydrogen-bond donors (Lipinski definition) is 2. The molecule has 2 fully saturated rings. The highest BCUT2D eigenvalue weighted by Gasteiger charge is 2.32. The minimum absolute atomic E-state index is 0.229. The van der Waals surface area contributed by atoms with E-state index in [1.54, 1.807) is 24.3 Å². The number of aliphatic imine (C=N–C) groups is 1. The van der Waals surface area contributed by atoms with E-state index >= 15 is 0 Å². The summed E-state index contributed by atoms with van der Waals surface area (Å²) in [7, 11) is 0. The normalized spacial score (nSPS) is 21.1. The van der Waals surface area contributed by atoms with Gasteiger partial charge < -0.3 is 10.5 Å². The highest BCUT2D eigenvalue weighted by molar-refractivity contribution is 6.02. The van der Waals surface area contributed by atoms with Crippen LogP contribution >= 0.6 is 0 Å². The number of rotatable bonds is 8. The van der Waals surface area contributed by atoms with Gasteiger partial charge in [-0.2, -0.15) is 4.99 Å². The van der Waals surface area contributed by atoms with E-state index in [4.69, 9.17) is 11.3 Å². The van der Waals surface area contributed by atoms with Gasteiger partial charge in [0.2, 0.25) is 5.96 Å². The summed E-state index contributed by atoms with van der Waals surface area (Å²) in [5.41, 5.74) is 14.5. The van der Waals surface area contributed by atoms with Gasteiger partial charge in [0.1, 0.15) is 5.75 Å². The number of halogens is 3. The maximum atomic E-state index is 12.6. The van der Waals surface area contributed by atoms with Crippen molar-refractivity contribution >= 4 is 11.9 Å². The first-order valence-electron chi connectivity index (χ1n) is 13.6. The highest BCUT2D eigenvalue weighted by Crippen LogP contribution is 2.40. The van der Waals surface area contributed by atoms with Crippen LogP contribution in [0, 0.1) is 17.4 Å². The molecule has 39 heavy (non-hydrogen) atoms. The summed E-state index contributed by atoms with van der Waals surface area (Å²) >= 11 is 0. The predicted octanol–water partition coefficient (Wildman–Crippen LogP) is 7.21. The Balaban J connectivity index is 1.46. The smallest absolute Gasteiger partial charge is 0.406 e. The standard InChI is InChI=1S/C29H36F3N5O2/c30-29(31,32)39-26-16-8-21(9-17-26)19-37(25-14-12-23(13-15-25)22-4-2-1-3-5-22)18-20-6-10-24(11-7-20)27(38)35-28(33)36-34/h6-11,16-17,22-23,25,34H,1-5,12-15,18-19H2,(H2,33,35,38). The van der Waals surface area contributed by atoms with Gasteiger partial charge in [0.05, 0.1) is 0 Å². The number of benzene rings is 2. The minimum atomic E-state index is -4.72. The predicted molar refractivity (Wildman–Crippen MR) is 142 cm³/mol. The third kappa shape index (κ3) is 8.61. The Labute approximate surface area is 227 Å². The molecule has 0 saturated heterocycles. The van der Waals surface area contributed by atoms with E-state index in [1.165, 1.54) is 57.1 Å². The Bertz CT molecular complexity index is 1120. The van der Waals surface area contributed by atoms with Crippen LogP contribution in [0.15, 0.2) is 58.6 Å². The number of guanidine groups is 1. The number of ether oxygens (including phenoxy) is 1. The summed E-state index contributed by atoms with van der Waals surface area (Å²) in [6.45, 7) is 1.24. The Kier molecular flexibility index (Phi) is 9.72. The topological polar surface area (TPSA) is 104 Å². The van der Waals surface area contributed by atoms with E-state index < -0.39 is 18.2 Å². The molecule has 2 aliphatic rings. The number of amides is 1. The van der Waals surface area contributed by atoms with Crippen LogP contribution in [-0.2, 0) is 13.1 Å². The van der Waals surface area contributed by atoms with Gasteiger partial charge in [-0.3, -0.25) is 9.69 Å². The molecule has 4 rings (SSSR count). The van der Waals surface area contributed by atoms with Gasteiger partial charge >= 0.3 is 6.36 Å². The second-order valence-corrected chi connectivity index (χ2v) is 10.6. The lowest BCUT2D eigenvalue weighted by Gasteiger charge is -2.40. The van der Waals surface area contributed by atoms with Crippen molar-refractivity contribution in [1.82, 2.24) is 4.90 Å². The van der Waals surface area contributed by atoms with Crippen LogP contribution in [0.25, 0.3) is 0 Å².